The Balaban J connectivity index is 2.40. The molecule has 0 aliphatic carbocycles. The van der Waals surface area contributed by atoms with E-state index in [2.05, 4.69) is 44.1 Å². The van der Waals surface area contributed by atoms with Crippen LogP contribution in [0.4, 0.5) is 0 Å². The van der Waals surface area contributed by atoms with E-state index in [0.29, 0.717) is 5.69 Å². The Kier molecular flexibility index (Phi) is 3.40. The summed E-state index contributed by atoms with van der Waals surface area (Å²) in [6, 6.07) is 14.2. The minimum Gasteiger partial charge on any atom is -0.319 e. The number of hydrogen-bond acceptors (Lipinski definition) is 2. The normalized spacial score (nSPS) is 10.9. The van der Waals surface area contributed by atoms with Crippen LogP contribution in [-0.4, -0.2) is 9.97 Å². The van der Waals surface area contributed by atoms with Crippen molar-refractivity contribution < 1.29 is 0 Å². The first-order chi connectivity index (χ1) is 9.69. The van der Waals surface area contributed by atoms with Gasteiger partial charge in [0.05, 0.1) is 11.0 Å². The fraction of sp³-hybridized carbons (Fsp3) is 0.125. The molecule has 0 amide bonds. The lowest BCUT2D eigenvalue weighted by Crippen LogP contribution is -2.12. The van der Waals surface area contributed by atoms with Crippen LogP contribution in [0.25, 0.3) is 22.2 Å². The van der Waals surface area contributed by atoms with E-state index < -0.39 is 0 Å². The van der Waals surface area contributed by atoms with Gasteiger partial charge in [0.1, 0.15) is 5.69 Å². The number of alkyl halides is 1. The van der Waals surface area contributed by atoms with Crippen LogP contribution in [0.15, 0.2) is 47.3 Å². The number of rotatable bonds is 2. The molecule has 0 aliphatic heterocycles. The van der Waals surface area contributed by atoms with Gasteiger partial charge in [0.25, 0.3) is 5.56 Å². The molecule has 0 unspecified atom stereocenters. The van der Waals surface area contributed by atoms with Crippen LogP contribution in [0.2, 0.25) is 0 Å². The summed E-state index contributed by atoms with van der Waals surface area (Å²) in [4.78, 5) is 19.1. The minimum absolute atomic E-state index is 0.136. The summed E-state index contributed by atoms with van der Waals surface area (Å²) in [6.45, 7) is 1.73. The van der Waals surface area contributed by atoms with E-state index >= 15 is 0 Å². The molecule has 100 valence electrons. The standard InChI is InChI=1S/C16H13BrN2O/c1-10-16(20)19-14-8-11(9-17)7-13(15(14)18-10)12-5-3-2-4-6-12/h2-8H,9H2,1H3,(H,19,20). The number of fused-ring (bicyclic) bond motifs is 1. The minimum atomic E-state index is -0.136. The number of benzene rings is 2. The molecular formula is C16H13BrN2O. The summed E-state index contributed by atoms with van der Waals surface area (Å²) < 4.78 is 0. The van der Waals surface area contributed by atoms with Gasteiger partial charge in [-0.15, -0.1) is 0 Å². The van der Waals surface area contributed by atoms with Gasteiger partial charge < -0.3 is 4.98 Å². The molecule has 3 nitrogen and oxygen atoms in total. The Hall–Kier alpha value is -1.94. The number of hydrogen-bond donors (Lipinski definition) is 1. The summed E-state index contributed by atoms with van der Waals surface area (Å²) >= 11 is 3.47. The molecule has 3 rings (SSSR count). The van der Waals surface area contributed by atoms with E-state index in [-0.39, 0.29) is 5.56 Å². The lowest BCUT2D eigenvalue weighted by atomic mass is 10.0. The van der Waals surface area contributed by atoms with Crippen LogP contribution < -0.4 is 5.56 Å². The lowest BCUT2D eigenvalue weighted by Gasteiger charge is -2.09. The van der Waals surface area contributed by atoms with E-state index in [1.807, 2.05) is 24.3 Å². The first-order valence-electron chi connectivity index (χ1n) is 6.34. The van der Waals surface area contributed by atoms with E-state index in [1.54, 1.807) is 6.92 Å². The van der Waals surface area contributed by atoms with Crippen molar-refractivity contribution >= 4 is 27.0 Å². The van der Waals surface area contributed by atoms with Gasteiger partial charge in [-0.2, -0.15) is 0 Å². The van der Waals surface area contributed by atoms with Gasteiger partial charge in [-0.05, 0) is 30.2 Å². The zero-order valence-corrected chi connectivity index (χ0v) is 12.6. The van der Waals surface area contributed by atoms with Crippen molar-refractivity contribution in [2.24, 2.45) is 0 Å². The predicted molar refractivity (Wildman–Crippen MR) is 85.2 cm³/mol. The summed E-state index contributed by atoms with van der Waals surface area (Å²) in [6.07, 6.45) is 0. The number of halogens is 1. The highest BCUT2D eigenvalue weighted by Crippen LogP contribution is 2.28. The summed E-state index contributed by atoms with van der Waals surface area (Å²) in [7, 11) is 0. The monoisotopic (exact) mass is 328 g/mol. The Morgan fingerprint density at radius 3 is 2.65 bits per heavy atom. The maximum Gasteiger partial charge on any atom is 0.269 e. The van der Waals surface area contributed by atoms with Crippen molar-refractivity contribution in [2.45, 2.75) is 12.3 Å². The van der Waals surface area contributed by atoms with E-state index in [1.165, 1.54) is 0 Å². The molecule has 0 saturated carbocycles. The molecular weight excluding hydrogens is 316 g/mol. The van der Waals surface area contributed by atoms with Gasteiger partial charge in [-0.3, -0.25) is 4.79 Å². The second-order valence-corrected chi connectivity index (χ2v) is 5.25. The van der Waals surface area contributed by atoms with Gasteiger partial charge in [0.2, 0.25) is 0 Å². The number of nitrogens with zero attached hydrogens (tertiary/aromatic N) is 1. The molecule has 0 bridgehead atoms. The summed E-state index contributed by atoms with van der Waals surface area (Å²) in [5.74, 6) is 0. The Labute approximate surface area is 124 Å². The number of aromatic amines is 1. The summed E-state index contributed by atoms with van der Waals surface area (Å²) in [5, 5.41) is 0.735. The van der Waals surface area contributed by atoms with Crippen molar-refractivity contribution in [3.8, 4) is 11.1 Å². The fourth-order valence-electron chi connectivity index (χ4n) is 2.26. The molecule has 0 aliphatic rings. The third kappa shape index (κ3) is 2.27. The maximum atomic E-state index is 11.8. The molecule has 0 spiro atoms. The molecule has 2 aromatic carbocycles. The average Bonchev–Trinajstić information content (AvgIpc) is 2.48. The van der Waals surface area contributed by atoms with E-state index in [9.17, 15) is 4.79 Å². The van der Waals surface area contributed by atoms with Crippen molar-refractivity contribution in [3.63, 3.8) is 0 Å². The van der Waals surface area contributed by atoms with E-state index in [0.717, 1.165) is 33.1 Å². The topological polar surface area (TPSA) is 45.8 Å². The molecule has 3 aromatic rings. The number of aromatic nitrogens is 2. The largest absolute Gasteiger partial charge is 0.319 e. The number of H-pyrrole nitrogens is 1. The maximum absolute atomic E-state index is 11.8. The number of aryl methyl sites for hydroxylation is 1. The molecule has 20 heavy (non-hydrogen) atoms. The van der Waals surface area contributed by atoms with Crippen LogP contribution in [-0.2, 0) is 5.33 Å². The molecule has 1 N–H and O–H groups in total. The number of nitrogens with one attached hydrogen (secondary N) is 1. The first kappa shape index (κ1) is 13.1. The van der Waals surface area contributed by atoms with Crippen molar-refractivity contribution in [3.05, 3.63) is 64.1 Å². The Bertz CT molecular complexity index is 825. The molecule has 0 saturated heterocycles. The zero-order valence-electron chi connectivity index (χ0n) is 11.0. The van der Waals surface area contributed by atoms with Crippen molar-refractivity contribution in [1.29, 1.82) is 0 Å². The second kappa shape index (κ2) is 5.21. The predicted octanol–water partition coefficient (Wildman–Crippen LogP) is 3.79. The van der Waals surface area contributed by atoms with Crippen LogP contribution in [0.5, 0.6) is 0 Å². The van der Waals surface area contributed by atoms with Crippen LogP contribution in [0.1, 0.15) is 11.3 Å². The smallest absolute Gasteiger partial charge is 0.269 e. The SMILES string of the molecule is Cc1nc2c(-c3ccccc3)cc(CBr)cc2[nH]c1=O. The third-order valence-electron chi connectivity index (χ3n) is 3.27. The molecule has 0 fully saturated rings. The first-order valence-corrected chi connectivity index (χ1v) is 7.46. The average molecular weight is 329 g/mol. The fourth-order valence-corrected chi connectivity index (χ4v) is 2.58. The molecule has 0 radical (unpaired) electrons. The van der Waals surface area contributed by atoms with Crippen molar-refractivity contribution in [1.82, 2.24) is 9.97 Å². The van der Waals surface area contributed by atoms with Crippen LogP contribution in [0, 0.1) is 6.92 Å². The lowest BCUT2D eigenvalue weighted by molar-refractivity contribution is 1.12. The highest BCUT2D eigenvalue weighted by molar-refractivity contribution is 9.08. The van der Waals surface area contributed by atoms with Crippen molar-refractivity contribution in [2.75, 3.05) is 0 Å². The molecule has 1 heterocycles. The Morgan fingerprint density at radius 1 is 1.20 bits per heavy atom. The van der Waals surface area contributed by atoms with Crippen LogP contribution >= 0.6 is 15.9 Å². The quantitative estimate of drug-likeness (QED) is 0.727. The molecule has 4 heteroatoms. The van der Waals surface area contributed by atoms with Gasteiger partial charge >= 0.3 is 0 Å². The Morgan fingerprint density at radius 2 is 1.95 bits per heavy atom. The van der Waals surface area contributed by atoms with Gasteiger partial charge in [0, 0.05) is 10.9 Å². The zero-order chi connectivity index (χ0) is 14.1. The highest BCUT2D eigenvalue weighted by atomic mass is 79.9. The van der Waals surface area contributed by atoms with Gasteiger partial charge in [0.15, 0.2) is 0 Å². The van der Waals surface area contributed by atoms with Gasteiger partial charge in [-0.1, -0.05) is 46.3 Å². The third-order valence-corrected chi connectivity index (χ3v) is 3.91. The summed E-state index contributed by atoms with van der Waals surface area (Å²) in [5.41, 5.74) is 5.20. The molecule has 0 atom stereocenters. The van der Waals surface area contributed by atoms with E-state index in [4.69, 9.17) is 0 Å². The van der Waals surface area contributed by atoms with Crippen LogP contribution in [0.3, 0.4) is 0 Å². The second-order valence-electron chi connectivity index (χ2n) is 4.69. The van der Waals surface area contributed by atoms with Gasteiger partial charge in [-0.25, -0.2) is 4.98 Å². The molecule has 1 aromatic heterocycles. The highest BCUT2D eigenvalue weighted by Gasteiger charge is 2.09.